The van der Waals surface area contributed by atoms with Gasteiger partial charge in [0.2, 0.25) is 5.91 Å². The summed E-state index contributed by atoms with van der Waals surface area (Å²) < 4.78 is 17.8. The van der Waals surface area contributed by atoms with Crippen LogP contribution in [0, 0.1) is 17.7 Å². The zero-order valence-corrected chi connectivity index (χ0v) is 15.3. The molecule has 1 aromatic heterocycles. The van der Waals surface area contributed by atoms with E-state index in [1.54, 1.807) is 18.3 Å². The van der Waals surface area contributed by atoms with Gasteiger partial charge in [-0.1, -0.05) is 11.8 Å². The van der Waals surface area contributed by atoms with Gasteiger partial charge in [-0.3, -0.25) is 14.8 Å². The van der Waals surface area contributed by atoms with E-state index >= 15 is 0 Å². The third kappa shape index (κ3) is 5.39. The van der Waals surface area contributed by atoms with E-state index in [-0.39, 0.29) is 24.2 Å². The first kappa shape index (κ1) is 19.1. The van der Waals surface area contributed by atoms with Crippen molar-refractivity contribution < 1.29 is 13.9 Å². The Bertz CT molecular complexity index is 822. The number of aromatic amines is 1. The Balaban J connectivity index is 1.59. The Kier molecular flexibility index (Phi) is 6.58. The quantitative estimate of drug-likeness (QED) is 0.793. The Labute approximate surface area is 158 Å². The van der Waals surface area contributed by atoms with Crippen molar-refractivity contribution in [1.29, 1.82) is 0 Å². The monoisotopic (exact) mass is 370 g/mol. The molecule has 27 heavy (non-hydrogen) atoms. The van der Waals surface area contributed by atoms with Gasteiger partial charge >= 0.3 is 0 Å². The van der Waals surface area contributed by atoms with Crippen molar-refractivity contribution in [3.05, 3.63) is 47.5 Å². The molecule has 1 fully saturated rings. The van der Waals surface area contributed by atoms with Gasteiger partial charge in [0, 0.05) is 25.1 Å². The van der Waals surface area contributed by atoms with Crippen LogP contribution >= 0.6 is 0 Å². The summed E-state index contributed by atoms with van der Waals surface area (Å²) in [4.78, 5) is 14.1. The molecule has 1 aliphatic rings. The third-order valence-electron chi connectivity index (χ3n) is 4.51. The molecule has 0 saturated carbocycles. The van der Waals surface area contributed by atoms with Crippen molar-refractivity contribution in [2.24, 2.45) is 0 Å². The van der Waals surface area contributed by atoms with Crippen LogP contribution in [-0.4, -0.2) is 54.4 Å². The molecule has 1 unspecified atom stereocenters. The Morgan fingerprint density at radius 1 is 1.44 bits per heavy atom. The maximum Gasteiger partial charge on any atom is 0.250 e. The van der Waals surface area contributed by atoms with E-state index in [4.69, 9.17) is 4.74 Å². The van der Waals surface area contributed by atoms with Crippen LogP contribution in [0.1, 0.15) is 30.0 Å². The SMILES string of the molecule is COCC(=O)Nc1cn[nH]c1C1CCCN(CC#Cc2ccc(F)cc2)C1. The molecule has 2 heterocycles. The number of piperidine rings is 1. The average Bonchev–Trinajstić information content (AvgIpc) is 3.12. The summed E-state index contributed by atoms with van der Waals surface area (Å²) in [6.07, 6.45) is 3.71. The van der Waals surface area contributed by atoms with Gasteiger partial charge in [-0.2, -0.15) is 5.10 Å². The molecule has 2 aromatic rings. The van der Waals surface area contributed by atoms with Crippen LogP contribution in [0.4, 0.5) is 10.1 Å². The normalized spacial score (nSPS) is 17.2. The highest BCUT2D eigenvalue weighted by atomic mass is 19.1. The maximum atomic E-state index is 12.9. The molecule has 142 valence electrons. The number of methoxy groups -OCH3 is 1. The minimum absolute atomic E-state index is 0.0143. The summed E-state index contributed by atoms with van der Waals surface area (Å²) in [5.74, 6) is 6.04. The zero-order chi connectivity index (χ0) is 19.1. The molecule has 3 rings (SSSR count). The smallest absolute Gasteiger partial charge is 0.250 e. The van der Waals surface area contributed by atoms with E-state index in [2.05, 4.69) is 32.3 Å². The summed E-state index contributed by atoms with van der Waals surface area (Å²) in [7, 11) is 1.49. The van der Waals surface area contributed by atoms with Crippen molar-refractivity contribution in [3.63, 3.8) is 0 Å². The van der Waals surface area contributed by atoms with Gasteiger partial charge in [0.1, 0.15) is 12.4 Å². The fourth-order valence-corrected chi connectivity index (χ4v) is 3.25. The summed E-state index contributed by atoms with van der Waals surface area (Å²) in [6, 6.07) is 6.19. The molecule has 7 heteroatoms. The second kappa shape index (κ2) is 9.31. The molecule has 1 saturated heterocycles. The van der Waals surface area contributed by atoms with Gasteiger partial charge in [0.25, 0.3) is 0 Å². The van der Waals surface area contributed by atoms with Gasteiger partial charge < -0.3 is 10.1 Å². The highest BCUT2D eigenvalue weighted by Gasteiger charge is 2.24. The van der Waals surface area contributed by atoms with Gasteiger partial charge in [-0.15, -0.1) is 0 Å². The second-order valence-corrected chi connectivity index (χ2v) is 6.56. The van der Waals surface area contributed by atoms with Crippen molar-refractivity contribution in [2.45, 2.75) is 18.8 Å². The average molecular weight is 370 g/mol. The lowest BCUT2D eigenvalue weighted by Crippen LogP contribution is -2.35. The molecule has 6 nitrogen and oxygen atoms in total. The number of ether oxygens (including phenoxy) is 1. The lowest BCUT2D eigenvalue weighted by Gasteiger charge is -2.31. The lowest BCUT2D eigenvalue weighted by molar-refractivity contribution is -0.119. The number of hydrogen-bond donors (Lipinski definition) is 2. The molecule has 0 spiro atoms. The maximum absolute atomic E-state index is 12.9. The number of amides is 1. The zero-order valence-electron chi connectivity index (χ0n) is 15.3. The number of anilines is 1. The van der Waals surface area contributed by atoms with E-state index in [1.165, 1.54) is 19.2 Å². The highest BCUT2D eigenvalue weighted by molar-refractivity contribution is 5.92. The standard InChI is InChI=1S/C20H23FN4O2/c1-27-14-19(26)23-18-12-22-24-20(18)16-5-3-11-25(13-16)10-2-4-15-6-8-17(21)9-7-15/h6-9,12,16H,3,5,10-11,13-14H2,1H3,(H,22,24)(H,23,26). The molecule has 2 N–H and O–H groups in total. The van der Waals surface area contributed by atoms with E-state index in [9.17, 15) is 9.18 Å². The van der Waals surface area contributed by atoms with E-state index in [1.807, 2.05) is 0 Å². The van der Waals surface area contributed by atoms with E-state index in [0.29, 0.717) is 12.2 Å². The van der Waals surface area contributed by atoms with Crippen molar-refractivity contribution in [1.82, 2.24) is 15.1 Å². The summed E-state index contributed by atoms with van der Waals surface area (Å²) in [5.41, 5.74) is 2.46. The molecule has 0 aliphatic carbocycles. The van der Waals surface area contributed by atoms with Crippen LogP contribution in [0.3, 0.4) is 0 Å². The molecular weight excluding hydrogens is 347 g/mol. The summed E-state index contributed by atoms with van der Waals surface area (Å²) >= 11 is 0. The number of carbonyl (C=O) groups is 1. The molecule has 1 aromatic carbocycles. The van der Waals surface area contributed by atoms with Crippen LogP contribution < -0.4 is 5.32 Å². The number of rotatable bonds is 5. The summed E-state index contributed by atoms with van der Waals surface area (Å²) in [6.45, 7) is 2.48. The van der Waals surface area contributed by atoms with Crippen LogP contribution in [-0.2, 0) is 9.53 Å². The van der Waals surface area contributed by atoms with Crippen LogP contribution in [0.25, 0.3) is 0 Å². The van der Waals surface area contributed by atoms with Crippen LogP contribution in [0.5, 0.6) is 0 Å². The molecule has 0 bridgehead atoms. The minimum atomic E-state index is -0.257. The van der Waals surface area contributed by atoms with E-state index < -0.39 is 0 Å². The Morgan fingerprint density at radius 3 is 3.04 bits per heavy atom. The van der Waals surface area contributed by atoms with E-state index in [0.717, 1.165) is 37.2 Å². The number of H-pyrrole nitrogens is 1. The number of halogens is 1. The predicted octanol–water partition coefficient (Wildman–Crippen LogP) is 2.36. The number of benzene rings is 1. The topological polar surface area (TPSA) is 70.2 Å². The highest BCUT2D eigenvalue weighted by Crippen LogP contribution is 2.30. The first-order valence-corrected chi connectivity index (χ1v) is 8.94. The Morgan fingerprint density at radius 2 is 2.26 bits per heavy atom. The van der Waals surface area contributed by atoms with Gasteiger partial charge in [0.15, 0.2) is 0 Å². The van der Waals surface area contributed by atoms with Gasteiger partial charge in [-0.05, 0) is 43.7 Å². The second-order valence-electron chi connectivity index (χ2n) is 6.56. The Hall–Kier alpha value is -2.69. The number of hydrogen-bond acceptors (Lipinski definition) is 4. The lowest BCUT2D eigenvalue weighted by atomic mass is 9.94. The van der Waals surface area contributed by atoms with Crippen molar-refractivity contribution >= 4 is 11.6 Å². The molecule has 1 aliphatic heterocycles. The van der Waals surface area contributed by atoms with Gasteiger partial charge in [-0.25, -0.2) is 4.39 Å². The number of nitrogens with zero attached hydrogens (tertiary/aromatic N) is 2. The van der Waals surface area contributed by atoms with Crippen LogP contribution in [0.2, 0.25) is 0 Å². The first-order chi connectivity index (χ1) is 13.2. The minimum Gasteiger partial charge on any atom is -0.375 e. The number of likely N-dealkylation sites (tertiary alicyclic amines) is 1. The van der Waals surface area contributed by atoms with Crippen molar-refractivity contribution in [2.75, 3.05) is 38.7 Å². The predicted molar refractivity (Wildman–Crippen MR) is 101 cm³/mol. The summed E-state index contributed by atoms with van der Waals surface area (Å²) in [5, 5.41) is 9.95. The van der Waals surface area contributed by atoms with Gasteiger partial charge in [0.05, 0.1) is 24.1 Å². The molecule has 1 atom stereocenters. The fraction of sp³-hybridized carbons (Fsp3) is 0.400. The van der Waals surface area contributed by atoms with Crippen LogP contribution in [0.15, 0.2) is 30.5 Å². The van der Waals surface area contributed by atoms with Crippen molar-refractivity contribution in [3.8, 4) is 11.8 Å². The number of nitrogens with one attached hydrogen (secondary N) is 2. The third-order valence-corrected chi connectivity index (χ3v) is 4.51. The number of carbonyl (C=O) groups excluding carboxylic acids is 1. The number of aromatic nitrogens is 2. The fourth-order valence-electron chi connectivity index (χ4n) is 3.25. The molecule has 1 amide bonds. The largest absolute Gasteiger partial charge is 0.375 e. The molecular formula is C20H23FN4O2. The molecule has 0 radical (unpaired) electrons. The first-order valence-electron chi connectivity index (χ1n) is 8.94.